The van der Waals surface area contributed by atoms with Gasteiger partial charge in [0, 0.05) is 12.6 Å². The van der Waals surface area contributed by atoms with E-state index in [1.807, 2.05) is 7.05 Å². The van der Waals surface area contributed by atoms with Crippen LogP contribution >= 0.6 is 0 Å². The van der Waals surface area contributed by atoms with Crippen LogP contribution in [0.5, 0.6) is 0 Å². The Morgan fingerprint density at radius 3 is 2.36 bits per heavy atom. The third kappa shape index (κ3) is 3.56. The van der Waals surface area contributed by atoms with Crippen molar-refractivity contribution in [1.82, 2.24) is 4.90 Å². The fourth-order valence-electron chi connectivity index (χ4n) is 2.33. The van der Waals surface area contributed by atoms with Gasteiger partial charge >= 0.3 is 0 Å². The number of likely N-dealkylation sites (N-methyl/N-ethyl adjacent to an activating group) is 1. The summed E-state index contributed by atoms with van der Waals surface area (Å²) >= 11 is 0. The lowest BCUT2D eigenvalue weighted by Crippen LogP contribution is -2.48. The summed E-state index contributed by atoms with van der Waals surface area (Å²) in [7, 11) is 1.98. The smallest absolute Gasteiger partial charge is 0.0718 e. The molecule has 3 heteroatoms. The van der Waals surface area contributed by atoms with Crippen molar-refractivity contribution in [2.24, 2.45) is 0 Å². The maximum atomic E-state index is 9.81. The predicted octanol–water partition coefficient (Wildman–Crippen LogP) is 0.993. The van der Waals surface area contributed by atoms with Crippen molar-refractivity contribution in [2.75, 3.05) is 13.6 Å². The van der Waals surface area contributed by atoms with Gasteiger partial charge in [-0.15, -0.1) is 0 Å². The van der Waals surface area contributed by atoms with Crippen LogP contribution in [0.2, 0.25) is 0 Å². The van der Waals surface area contributed by atoms with Gasteiger partial charge in [0.05, 0.1) is 11.7 Å². The Morgan fingerprint density at radius 2 is 1.86 bits per heavy atom. The predicted molar refractivity (Wildman–Crippen MR) is 57.2 cm³/mol. The Labute approximate surface area is 86.7 Å². The molecule has 0 aliphatic heterocycles. The molecule has 0 radical (unpaired) electrons. The summed E-state index contributed by atoms with van der Waals surface area (Å²) in [6.45, 7) is 4.23. The third-order valence-electron chi connectivity index (χ3n) is 2.90. The van der Waals surface area contributed by atoms with Crippen molar-refractivity contribution >= 4 is 0 Å². The molecule has 0 aromatic heterocycles. The molecule has 14 heavy (non-hydrogen) atoms. The molecule has 0 saturated heterocycles. The maximum absolute atomic E-state index is 9.81. The van der Waals surface area contributed by atoms with Crippen LogP contribution < -0.4 is 0 Å². The molecule has 1 saturated carbocycles. The SMILES string of the molecule is CN(CC(C)(C)O)C1CCCCC1O. The Morgan fingerprint density at radius 1 is 1.29 bits per heavy atom. The molecule has 2 atom stereocenters. The van der Waals surface area contributed by atoms with Crippen LogP contribution in [0.4, 0.5) is 0 Å². The highest BCUT2D eigenvalue weighted by Crippen LogP contribution is 2.23. The van der Waals surface area contributed by atoms with Crippen LogP contribution in [0.15, 0.2) is 0 Å². The highest BCUT2D eigenvalue weighted by Gasteiger charge is 2.29. The van der Waals surface area contributed by atoms with Crippen molar-refractivity contribution in [3.8, 4) is 0 Å². The summed E-state index contributed by atoms with van der Waals surface area (Å²) in [6, 6.07) is 0.232. The summed E-state index contributed by atoms with van der Waals surface area (Å²) in [5, 5.41) is 19.5. The molecule has 1 fully saturated rings. The van der Waals surface area contributed by atoms with Crippen LogP contribution in [-0.4, -0.2) is 46.5 Å². The Kier molecular flexibility index (Phi) is 3.93. The van der Waals surface area contributed by atoms with Gasteiger partial charge in [-0.2, -0.15) is 0 Å². The van der Waals surface area contributed by atoms with Gasteiger partial charge < -0.3 is 10.2 Å². The molecule has 1 aliphatic carbocycles. The van der Waals surface area contributed by atoms with Crippen molar-refractivity contribution < 1.29 is 10.2 Å². The molecule has 0 bridgehead atoms. The molecule has 0 aromatic carbocycles. The summed E-state index contributed by atoms with van der Waals surface area (Å²) in [6.07, 6.45) is 4.07. The minimum absolute atomic E-state index is 0.212. The first kappa shape index (κ1) is 12.0. The van der Waals surface area contributed by atoms with E-state index in [2.05, 4.69) is 4.90 Å². The van der Waals surface area contributed by atoms with Gasteiger partial charge in [-0.05, 0) is 33.7 Å². The van der Waals surface area contributed by atoms with Crippen molar-refractivity contribution in [3.05, 3.63) is 0 Å². The molecule has 0 heterocycles. The fraction of sp³-hybridized carbons (Fsp3) is 1.00. The van der Waals surface area contributed by atoms with Crippen molar-refractivity contribution in [1.29, 1.82) is 0 Å². The molecule has 1 aliphatic rings. The van der Waals surface area contributed by atoms with E-state index < -0.39 is 5.60 Å². The second kappa shape index (κ2) is 4.60. The summed E-state index contributed by atoms with van der Waals surface area (Å²) < 4.78 is 0. The fourth-order valence-corrected chi connectivity index (χ4v) is 2.33. The molecule has 3 nitrogen and oxygen atoms in total. The highest BCUT2D eigenvalue weighted by atomic mass is 16.3. The minimum Gasteiger partial charge on any atom is -0.391 e. The summed E-state index contributed by atoms with van der Waals surface area (Å²) in [5.74, 6) is 0. The van der Waals surface area contributed by atoms with Gasteiger partial charge in [0.1, 0.15) is 0 Å². The largest absolute Gasteiger partial charge is 0.391 e. The van der Waals surface area contributed by atoms with Gasteiger partial charge in [-0.3, -0.25) is 4.90 Å². The van der Waals surface area contributed by atoms with E-state index in [1.165, 1.54) is 6.42 Å². The van der Waals surface area contributed by atoms with Crippen molar-refractivity contribution in [2.45, 2.75) is 57.3 Å². The van der Waals surface area contributed by atoms with E-state index in [1.54, 1.807) is 13.8 Å². The van der Waals surface area contributed by atoms with Crippen LogP contribution in [-0.2, 0) is 0 Å². The molecular weight excluding hydrogens is 178 g/mol. The molecule has 2 unspecified atom stereocenters. The van der Waals surface area contributed by atoms with E-state index in [0.717, 1.165) is 19.3 Å². The van der Waals surface area contributed by atoms with Crippen LogP contribution in [0.1, 0.15) is 39.5 Å². The van der Waals surface area contributed by atoms with Gasteiger partial charge in [0.25, 0.3) is 0 Å². The number of nitrogens with zero attached hydrogens (tertiary/aromatic N) is 1. The normalized spacial score (nSPS) is 29.6. The van der Waals surface area contributed by atoms with E-state index in [9.17, 15) is 10.2 Å². The molecule has 0 amide bonds. The van der Waals surface area contributed by atoms with Crippen LogP contribution in [0.3, 0.4) is 0 Å². The van der Waals surface area contributed by atoms with Crippen molar-refractivity contribution in [3.63, 3.8) is 0 Å². The average molecular weight is 201 g/mol. The van der Waals surface area contributed by atoms with Gasteiger partial charge in [-0.1, -0.05) is 12.8 Å². The van der Waals surface area contributed by atoms with Gasteiger partial charge in [-0.25, -0.2) is 0 Å². The molecule has 84 valence electrons. The Hall–Kier alpha value is -0.120. The first-order valence-corrected chi connectivity index (χ1v) is 5.51. The second-order valence-corrected chi connectivity index (χ2v) is 5.15. The lowest BCUT2D eigenvalue weighted by atomic mass is 9.91. The molecule has 1 rings (SSSR count). The van der Waals surface area contributed by atoms with E-state index in [4.69, 9.17) is 0 Å². The highest BCUT2D eigenvalue weighted by molar-refractivity contribution is 4.84. The number of hydrogen-bond donors (Lipinski definition) is 2. The zero-order valence-corrected chi connectivity index (χ0v) is 9.53. The molecular formula is C11H23NO2. The molecule has 0 aromatic rings. The minimum atomic E-state index is -0.675. The number of rotatable bonds is 3. The zero-order valence-electron chi connectivity index (χ0n) is 9.53. The van der Waals surface area contributed by atoms with E-state index in [-0.39, 0.29) is 12.1 Å². The lowest BCUT2D eigenvalue weighted by molar-refractivity contribution is -0.0155. The first-order chi connectivity index (χ1) is 6.40. The topological polar surface area (TPSA) is 43.7 Å². The molecule has 2 N–H and O–H groups in total. The zero-order chi connectivity index (χ0) is 10.8. The average Bonchev–Trinajstić information content (AvgIpc) is 2.01. The standard InChI is InChI=1S/C11H23NO2/c1-11(2,14)8-12(3)9-6-4-5-7-10(9)13/h9-10,13-14H,4-8H2,1-3H3. The summed E-state index contributed by atoms with van der Waals surface area (Å²) in [5.41, 5.74) is -0.675. The first-order valence-electron chi connectivity index (χ1n) is 5.51. The van der Waals surface area contributed by atoms with Crippen LogP contribution in [0, 0.1) is 0 Å². The van der Waals surface area contributed by atoms with E-state index >= 15 is 0 Å². The van der Waals surface area contributed by atoms with Gasteiger partial charge in [0.2, 0.25) is 0 Å². The monoisotopic (exact) mass is 201 g/mol. The Bertz CT molecular complexity index is 177. The number of aliphatic hydroxyl groups excluding tert-OH is 1. The lowest BCUT2D eigenvalue weighted by Gasteiger charge is -2.37. The maximum Gasteiger partial charge on any atom is 0.0718 e. The third-order valence-corrected chi connectivity index (χ3v) is 2.90. The second-order valence-electron chi connectivity index (χ2n) is 5.15. The number of hydrogen-bond acceptors (Lipinski definition) is 3. The summed E-state index contributed by atoms with van der Waals surface area (Å²) in [4.78, 5) is 2.09. The van der Waals surface area contributed by atoms with E-state index in [0.29, 0.717) is 6.54 Å². The van der Waals surface area contributed by atoms with Crippen LogP contribution in [0.25, 0.3) is 0 Å². The Balaban J connectivity index is 2.46. The molecule has 0 spiro atoms. The quantitative estimate of drug-likeness (QED) is 0.716. The van der Waals surface area contributed by atoms with Gasteiger partial charge in [0.15, 0.2) is 0 Å². The number of aliphatic hydroxyl groups is 2.